The SMILES string of the molecule is c1ccc(-c2cc(-c3ccccc3)cc(N3c4cc(-c5ccccc5)ccc4B4c5ccc(-n6c7ccccc7c7cc(N(c8ccccc8)c8ccccc8)ccc76)cc5N(c5cc(-c6ccccc6)cc(-c6ccccc6)c5)c5cc(-n6c7ccccc7c7ccccc76)cc3c54)c2)cc1. The van der Waals surface area contributed by atoms with Crippen LogP contribution < -0.4 is 31.1 Å². The van der Waals surface area contributed by atoms with E-state index in [-0.39, 0.29) is 6.71 Å². The number of aromatic nitrogens is 2. The first kappa shape index (κ1) is 58.7. The Morgan fingerprint density at radius 3 is 0.980 bits per heavy atom. The summed E-state index contributed by atoms with van der Waals surface area (Å²) >= 11 is 0. The fourth-order valence-corrected chi connectivity index (χ4v) is 16.4. The molecule has 2 aromatic heterocycles. The van der Waals surface area contributed by atoms with Crippen LogP contribution in [0.3, 0.4) is 0 Å². The summed E-state index contributed by atoms with van der Waals surface area (Å²) in [4.78, 5) is 7.61. The van der Waals surface area contributed by atoms with Gasteiger partial charge in [-0.25, -0.2) is 0 Å². The van der Waals surface area contributed by atoms with Gasteiger partial charge in [-0.2, -0.15) is 0 Å². The molecule has 0 spiro atoms. The van der Waals surface area contributed by atoms with Crippen LogP contribution in [0.1, 0.15) is 0 Å². The number of rotatable bonds is 12. The first-order valence-corrected chi connectivity index (χ1v) is 35.2. The molecule has 0 radical (unpaired) electrons. The molecule has 0 N–H and O–H groups in total. The van der Waals surface area contributed by atoms with Crippen LogP contribution in [0, 0.1) is 0 Å². The third kappa shape index (κ3) is 9.79. The van der Waals surface area contributed by atoms with Crippen molar-refractivity contribution in [3.05, 3.63) is 388 Å². The summed E-state index contributed by atoms with van der Waals surface area (Å²) in [6.45, 7) is -0.224. The molecule has 0 saturated heterocycles. The van der Waals surface area contributed by atoms with Gasteiger partial charge < -0.3 is 23.8 Å². The maximum absolute atomic E-state index is 2.63. The highest BCUT2D eigenvalue weighted by Crippen LogP contribution is 2.51. The molecule has 0 unspecified atom stereocenters. The van der Waals surface area contributed by atoms with Crippen LogP contribution in [0.25, 0.3) is 111 Å². The van der Waals surface area contributed by atoms with Crippen LogP contribution in [0.4, 0.5) is 51.2 Å². The summed E-state index contributed by atoms with van der Waals surface area (Å²) in [5, 5.41) is 4.76. The van der Waals surface area contributed by atoms with E-state index in [1.54, 1.807) is 0 Å². The van der Waals surface area contributed by atoms with E-state index in [0.717, 1.165) is 140 Å². The van der Waals surface area contributed by atoms with E-state index < -0.39 is 0 Å². The standard InChI is InChI=1S/C96H64BN5/c1-8-28-65(29-9-1)70-48-51-86-92(60-70)101(79-56-71(66-30-10-2-11-31-66)54-72(57-79)67-32-12-3-13-33-67)94-63-81(100-88-45-25-22-42-82(88)83-43-23-26-46-89(83)100)64-95-96(94)97(86)87-52-49-78(62-93(87)102(95)80-58-73(68-34-14-4-15-35-68)55-74(59-80)69-36-16-5-17-37-69)99-90-47-27-24-44-84(90)85-61-77(50-53-91(85)99)98(75-38-18-6-19-39-75)76-40-20-7-21-41-76/h1-64H. The van der Waals surface area contributed by atoms with E-state index in [0.29, 0.717) is 0 Å². The zero-order valence-electron chi connectivity index (χ0n) is 55.8. The highest BCUT2D eigenvalue weighted by molar-refractivity contribution is 7.00. The predicted octanol–water partition coefficient (Wildman–Crippen LogP) is 23.8. The smallest absolute Gasteiger partial charge is 0.252 e. The maximum atomic E-state index is 2.63. The summed E-state index contributed by atoms with van der Waals surface area (Å²) in [6, 6.07) is 144. The predicted molar refractivity (Wildman–Crippen MR) is 431 cm³/mol. The summed E-state index contributed by atoms with van der Waals surface area (Å²) in [6.07, 6.45) is 0. The molecule has 0 aliphatic carbocycles. The molecule has 0 bridgehead atoms. The van der Waals surface area contributed by atoms with E-state index in [4.69, 9.17) is 0 Å². The average Bonchev–Trinajstić information content (AvgIpc) is 1.07. The molecule has 5 nitrogen and oxygen atoms in total. The molecule has 0 atom stereocenters. The summed E-state index contributed by atoms with van der Waals surface area (Å²) < 4.78 is 5.02. The number of hydrogen-bond acceptors (Lipinski definition) is 3. The van der Waals surface area contributed by atoms with Crippen LogP contribution in [-0.4, -0.2) is 15.8 Å². The van der Waals surface area contributed by atoms with Gasteiger partial charge in [0.2, 0.25) is 0 Å². The normalized spacial score (nSPS) is 12.3. The minimum atomic E-state index is -0.224. The molecule has 476 valence electrons. The first-order chi connectivity index (χ1) is 50.6. The molecule has 18 aromatic rings. The van der Waals surface area contributed by atoms with E-state index in [1.165, 1.54) is 37.9 Å². The van der Waals surface area contributed by atoms with Crippen LogP contribution in [0.2, 0.25) is 0 Å². The quantitative estimate of drug-likeness (QED) is 0.114. The third-order valence-electron chi connectivity index (χ3n) is 21.0. The topological polar surface area (TPSA) is 19.6 Å². The average molecular weight is 1300 g/mol. The largest absolute Gasteiger partial charge is 0.311 e. The molecule has 0 amide bonds. The number of benzene rings is 16. The Morgan fingerprint density at radius 2 is 0.539 bits per heavy atom. The molecule has 6 heteroatoms. The Balaban J connectivity index is 0.911. The number of fused-ring (bicyclic) bond motifs is 10. The molecule has 2 aliphatic heterocycles. The molecular formula is C96H64BN5. The summed E-state index contributed by atoms with van der Waals surface area (Å²) in [5.74, 6) is 0. The van der Waals surface area contributed by atoms with E-state index >= 15 is 0 Å². The minimum absolute atomic E-state index is 0.224. The molecule has 2 aliphatic rings. The second-order valence-corrected chi connectivity index (χ2v) is 26.8. The molecular weight excluding hydrogens is 1230 g/mol. The van der Waals surface area contributed by atoms with Gasteiger partial charge in [0.25, 0.3) is 6.71 Å². The highest BCUT2D eigenvalue weighted by Gasteiger charge is 2.45. The molecule has 0 saturated carbocycles. The lowest BCUT2D eigenvalue weighted by Crippen LogP contribution is -2.61. The zero-order chi connectivity index (χ0) is 67.2. The Labute approximate surface area is 593 Å². The van der Waals surface area contributed by atoms with Crippen molar-refractivity contribution in [1.82, 2.24) is 9.13 Å². The van der Waals surface area contributed by atoms with Crippen LogP contribution >= 0.6 is 0 Å². The summed E-state index contributed by atoms with van der Waals surface area (Å²) in [5.41, 5.74) is 31.6. The Hall–Kier alpha value is -13.4. The molecule has 4 heterocycles. The van der Waals surface area contributed by atoms with Gasteiger partial charge in [0.05, 0.1) is 27.8 Å². The second-order valence-electron chi connectivity index (χ2n) is 26.8. The fraction of sp³-hybridized carbons (Fsp3) is 0. The van der Waals surface area contributed by atoms with Gasteiger partial charge in [-0.3, -0.25) is 0 Å². The van der Waals surface area contributed by atoms with Gasteiger partial charge in [-0.05, 0) is 199 Å². The lowest BCUT2D eigenvalue weighted by Gasteiger charge is -2.45. The van der Waals surface area contributed by atoms with Gasteiger partial charge in [-0.1, -0.05) is 261 Å². The second kappa shape index (κ2) is 24.2. The van der Waals surface area contributed by atoms with Crippen molar-refractivity contribution in [2.45, 2.75) is 0 Å². The lowest BCUT2D eigenvalue weighted by molar-refractivity contribution is 1.15. The lowest BCUT2D eigenvalue weighted by atomic mass is 9.33. The number of hydrogen-bond donors (Lipinski definition) is 0. The van der Waals surface area contributed by atoms with E-state index in [1.807, 2.05) is 0 Å². The fourth-order valence-electron chi connectivity index (χ4n) is 16.4. The van der Waals surface area contributed by atoms with Gasteiger partial charge in [0.15, 0.2) is 0 Å². The summed E-state index contributed by atoms with van der Waals surface area (Å²) in [7, 11) is 0. The molecule has 16 aromatic carbocycles. The Kier molecular flexibility index (Phi) is 14.0. The van der Waals surface area contributed by atoms with Crippen molar-refractivity contribution in [3.8, 4) is 67.0 Å². The minimum Gasteiger partial charge on any atom is -0.311 e. The number of para-hydroxylation sites is 5. The number of nitrogens with zero attached hydrogens (tertiary/aromatic N) is 5. The van der Waals surface area contributed by atoms with Crippen molar-refractivity contribution in [1.29, 1.82) is 0 Å². The van der Waals surface area contributed by atoms with Crippen LogP contribution in [0.15, 0.2) is 388 Å². The Morgan fingerprint density at radius 1 is 0.196 bits per heavy atom. The van der Waals surface area contributed by atoms with Crippen LogP contribution in [0.5, 0.6) is 0 Å². The number of anilines is 9. The van der Waals surface area contributed by atoms with Gasteiger partial charge in [0, 0.05) is 78.4 Å². The molecule has 0 fully saturated rings. The zero-order valence-corrected chi connectivity index (χ0v) is 55.8. The maximum Gasteiger partial charge on any atom is 0.252 e. The monoisotopic (exact) mass is 1300 g/mol. The van der Waals surface area contributed by atoms with Gasteiger partial charge in [0.1, 0.15) is 0 Å². The molecule has 102 heavy (non-hydrogen) atoms. The highest BCUT2D eigenvalue weighted by atomic mass is 15.2. The van der Waals surface area contributed by atoms with Crippen molar-refractivity contribution in [3.63, 3.8) is 0 Å². The van der Waals surface area contributed by atoms with Gasteiger partial charge in [-0.15, -0.1) is 0 Å². The first-order valence-electron chi connectivity index (χ1n) is 35.2. The van der Waals surface area contributed by atoms with Crippen molar-refractivity contribution < 1.29 is 0 Å². The van der Waals surface area contributed by atoms with Gasteiger partial charge >= 0.3 is 0 Å². The van der Waals surface area contributed by atoms with Crippen molar-refractivity contribution >= 4 is 118 Å². The van der Waals surface area contributed by atoms with Crippen molar-refractivity contribution in [2.24, 2.45) is 0 Å². The van der Waals surface area contributed by atoms with Crippen molar-refractivity contribution in [2.75, 3.05) is 14.7 Å². The van der Waals surface area contributed by atoms with E-state index in [2.05, 4.69) is 412 Å². The Bertz CT molecular complexity index is 6050. The van der Waals surface area contributed by atoms with Crippen LogP contribution in [-0.2, 0) is 0 Å². The van der Waals surface area contributed by atoms with E-state index in [9.17, 15) is 0 Å². The molecule has 20 rings (SSSR count). The third-order valence-corrected chi connectivity index (χ3v) is 21.0.